The van der Waals surface area contributed by atoms with E-state index in [9.17, 15) is 0 Å². The van der Waals surface area contributed by atoms with Gasteiger partial charge in [-0.1, -0.05) is 43.2 Å². The molecule has 0 bridgehead atoms. The zero-order chi connectivity index (χ0) is 19.1. The molecule has 1 heterocycles. The molecule has 0 amide bonds. The van der Waals surface area contributed by atoms with Crippen LogP contribution in [0.5, 0.6) is 0 Å². The second-order valence-corrected chi connectivity index (χ2v) is 8.69. The van der Waals surface area contributed by atoms with E-state index in [4.69, 9.17) is 5.73 Å². The monoisotopic (exact) mass is 357 g/mol. The third-order valence-electron chi connectivity index (χ3n) is 5.33. The lowest BCUT2D eigenvalue weighted by atomic mass is 9.99. The largest absolute Gasteiger partial charge is 0.365 e. The first-order valence-electron chi connectivity index (χ1n) is 10.3. The van der Waals surface area contributed by atoms with Crippen molar-refractivity contribution >= 4 is 5.69 Å². The van der Waals surface area contributed by atoms with Crippen LogP contribution in [-0.4, -0.2) is 43.2 Å². The minimum atomic E-state index is 0.311. The molecule has 1 fully saturated rings. The van der Waals surface area contributed by atoms with Crippen molar-refractivity contribution in [2.75, 3.05) is 31.1 Å². The predicted molar refractivity (Wildman–Crippen MR) is 115 cm³/mol. The molecule has 1 aromatic carbocycles. The van der Waals surface area contributed by atoms with Crippen LogP contribution in [0.3, 0.4) is 0 Å². The second kappa shape index (κ2) is 10.1. The summed E-state index contributed by atoms with van der Waals surface area (Å²) < 4.78 is 0. The number of anilines is 1. The van der Waals surface area contributed by atoms with Gasteiger partial charge in [-0.05, 0) is 58.1 Å². The van der Waals surface area contributed by atoms with Crippen molar-refractivity contribution in [1.82, 2.24) is 4.90 Å². The molecule has 1 saturated heterocycles. The van der Waals surface area contributed by atoms with Gasteiger partial charge >= 0.3 is 0 Å². The quantitative estimate of drug-likeness (QED) is 0.690. The van der Waals surface area contributed by atoms with Gasteiger partial charge in [-0.2, -0.15) is 0 Å². The number of piperidine rings is 1. The van der Waals surface area contributed by atoms with Crippen LogP contribution in [0.15, 0.2) is 35.9 Å². The third kappa shape index (κ3) is 6.77. The fourth-order valence-electron chi connectivity index (χ4n) is 3.91. The van der Waals surface area contributed by atoms with Gasteiger partial charge in [0.1, 0.15) is 0 Å². The highest BCUT2D eigenvalue weighted by Crippen LogP contribution is 2.24. The number of nitrogens with zero attached hydrogens (tertiary/aromatic N) is 2. The smallest absolute Gasteiger partial charge is 0.0371 e. The Morgan fingerprint density at radius 1 is 1.19 bits per heavy atom. The number of nitrogens with two attached hydrogens (primary N) is 1. The number of allylic oxidation sites excluding steroid dienone is 1. The van der Waals surface area contributed by atoms with Gasteiger partial charge in [-0.25, -0.2) is 0 Å². The van der Waals surface area contributed by atoms with Crippen LogP contribution in [0.25, 0.3) is 0 Å². The maximum Gasteiger partial charge on any atom is 0.0371 e. The Hall–Kier alpha value is -1.32. The highest BCUT2D eigenvalue weighted by molar-refractivity contribution is 5.49. The van der Waals surface area contributed by atoms with Crippen molar-refractivity contribution < 1.29 is 0 Å². The molecule has 0 saturated carbocycles. The van der Waals surface area contributed by atoms with E-state index in [1.165, 1.54) is 29.7 Å². The summed E-state index contributed by atoms with van der Waals surface area (Å²) in [6.07, 6.45) is 5.92. The summed E-state index contributed by atoms with van der Waals surface area (Å²) in [6, 6.07) is 9.94. The van der Waals surface area contributed by atoms with Crippen molar-refractivity contribution in [2.45, 2.75) is 66.0 Å². The summed E-state index contributed by atoms with van der Waals surface area (Å²) in [6.45, 7) is 15.4. The molecule has 3 heteroatoms. The van der Waals surface area contributed by atoms with E-state index in [1.807, 2.05) is 0 Å². The molecular formula is C23H39N3. The lowest BCUT2D eigenvalue weighted by Gasteiger charge is -2.40. The van der Waals surface area contributed by atoms with Crippen molar-refractivity contribution in [3.63, 3.8) is 0 Å². The first-order chi connectivity index (χ1) is 12.3. The van der Waals surface area contributed by atoms with Crippen LogP contribution in [-0.2, 0) is 0 Å². The number of aryl methyl sites for hydroxylation is 1. The van der Waals surface area contributed by atoms with Crippen molar-refractivity contribution in [3.8, 4) is 0 Å². The number of likely N-dealkylation sites (tertiary alicyclic amines) is 1. The molecule has 2 rings (SSSR count). The average molecular weight is 358 g/mol. The first kappa shape index (κ1) is 21.0. The average Bonchev–Trinajstić information content (AvgIpc) is 2.57. The third-order valence-corrected chi connectivity index (χ3v) is 5.33. The summed E-state index contributed by atoms with van der Waals surface area (Å²) in [5.41, 5.74) is 10.4. The number of hydrogen-bond acceptors (Lipinski definition) is 3. The van der Waals surface area contributed by atoms with Gasteiger partial charge in [-0.15, -0.1) is 0 Å². The predicted octanol–water partition coefficient (Wildman–Crippen LogP) is 4.61. The van der Waals surface area contributed by atoms with Crippen LogP contribution in [0.4, 0.5) is 5.69 Å². The summed E-state index contributed by atoms with van der Waals surface area (Å²) >= 11 is 0. The lowest BCUT2D eigenvalue weighted by molar-refractivity contribution is 0.193. The molecule has 1 unspecified atom stereocenters. The molecule has 0 spiro atoms. The zero-order valence-corrected chi connectivity index (χ0v) is 17.5. The van der Waals surface area contributed by atoms with E-state index in [1.54, 1.807) is 0 Å². The summed E-state index contributed by atoms with van der Waals surface area (Å²) in [4.78, 5) is 5.16. The number of hydrogen-bond donors (Lipinski definition) is 1. The standard InChI is InChI=1S/C23H39N3/c1-18(2)10-15-26(22-8-6-20(5)7-9-22)23-11-13-25(14-12-23)17-21(24)16-19(3)4/h6-10,19,21,23H,11-17,24H2,1-5H3. The topological polar surface area (TPSA) is 32.5 Å². The van der Waals surface area contributed by atoms with Crippen molar-refractivity contribution in [3.05, 3.63) is 41.5 Å². The van der Waals surface area contributed by atoms with Gasteiger partial charge in [0, 0.05) is 44.0 Å². The maximum atomic E-state index is 6.33. The SMILES string of the molecule is CC(C)=CCN(c1ccc(C)cc1)C1CCN(CC(N)CC(C)C)CC1. The Balaban J connectivity index is 1.97. The molecule has 0 aliphatic carbocycles. The van der Waals surface area contributed by atoms with E-state index in [0.29, 0.717) is 18.0 Å². The van der Waals surface area contributed by atoms with Gasteiger partial charge in [0.2, 0.25) is 0 Å². The van der Waals surface area contributed by atoms with Crippen molar-refractivity contribution in [2.24, 2.45) is 11.7 Å². The Kier molecular flexibility index (Phi) is 8.17. The highest BCUT2D eigenvalue weighted by Gasteiger charge is 2.25. The molecule has 0 radical (unpaired) electrons. The second-order valence-electron chi connectivity index (χ2n) is 8.69. The van der Waals surface area contributed by atoms with Gasteiger partial charge in [0.15, 0.2) is 0 Å². The van der Waals surface area contributed by atoms with Gasteiger partial charge in [0.05, 0.1) is 0 Å². The van der Waals surface area contributed by atoms with Gasteiger partial charge in [-0.3, -0.25) is 0 Å². The van der Waals surface area contributed by atoms with Gasteiger partial charge < -0.3 is 15.5 Å². The van der Waals surface area contributed by atoms with E-state index in [2.05, 4.69) is 74.8 Å². The van der Waals surface area contributed by atoms with E-state index >= 15 is 0 Å². The number of benzene rings is 1. The van der Waals surface area contributed by atoms with Crippen LogP contribution in [0, 0.1) is 12.8 Å². The highest BCUT2D eigenvalue weighted by atomic mass is 15.2. The summed E-state index contributed by atoms with van der Waals surface area (Å²) in [7, 11) is 0. The fourth-order valence-corrected chi connectivity index (χ4v) is 3.91. The Bertz CT molecular complexity index is 549. The fraction of sp³-hybridized carbons (Fsp3) is 0.652. The van der Waals surface area contributed by atoms with Crippen LogP contribution < -0.4 is 10.6 Å². The molecule has 1 atom stereocenters. The summed E-state index contributed by atoms with van der Waals surface area (Å²) in [5, 5.41) is 0. The Morgan fingerprint density at radius 3 is 2.35 bits per heavy atom. The zero-order valence-electron chi connectivity index (χ0n) is 17.5. The van der Waals surface area contributed by atoms with E-state index in [-0.39, 0.29) is 0 Å². The maximum absolute atomic E-state index is 6.33. The van der Waals surface area contributed by atoms with Crippen LogP contribution in [0.1, 0.15) is 52.5 Å². The Labute approximate surface area is 161 Å². The molecular weight excluding hydrogens is 318 g/mol. The number of rotatable bonds is 8. The molecule has 146 valence electrons. The summed E-state index contributed by atoms with van der Waals surface area (Å²) in [5.74, 6) is 0.684. The molecule has 3 nitrogen and oxygen atoms in total. The minimum absolute atomic E-state index is 0.311. The molecule has 1 aliphatic heterocycles. The molecule has 0 aromatic heterocycles. The lowest BCUT2D eigenvalue weighted by Crippen LogP contribution is -2.48. The van der Waals surface area contributed by atoms with Crippen molar-refractivity contribution in [1.29, 1.82) is 0 Å². The van der Waals surface area contributed by atoms with E-state index in [0.717, 1.165) is 32.6 Å². The van der Waals surface area contributed by atoms with E-state index < -0.39 is 0 Å². The first-order valence-corrected chi connectivity index (χ1v) is 10.3. The molecule has 2 N–H and O–H groups in total. The van der Waals surface area contributed by atoms with Gasteiger partial charge in [0.25, 0.3) is 0 Å². The normalized spacial score (nSPS) is 17.3. The minimum Gasteiger partial charge on any atom is -0.365 e. The molecule has 1 aliphatic rings. The molecule has 26 heavy (non-hydrogen) atoms. The van der Waals surface area contributed by atoms with Crippen LogP contribution >= 0.6 is 0 Å². The van der Waals surface area contributed by atoms with Crippen LogP contribution in [0.2, 0.25) is 0 Å². The Morgan fingerprint density at radius 2 is 1.81 bits per heavy atom. The molecule has 1 aromatic rings.